The van der Waals surface area contributed by atoms with Gasteiger partial charge in [0.25, 0.3) is 0 Å². The van der Waals surface area contributed by atoms with Crippen LogP contribution in [0.2, 0.25) is 0 Å². The highest BCUT2D eigenvalue weighted by Crippen LogP contribution is 2.26. The minimum Gasteiger partial charge on any atom is -0.364 e. The summed E-state index contributed by atoms with van der Waals surface area (Å²) in [6.45, 7) is 3.86. The lowest BCUT2D eigenvalue weighted by Gasteiger charge is -2.37. The van der Waals surface area contributed by atoms with Crippen molar-refractivity contribution >= 4 is 5.69 Å². The second-order valence-electron chi connectivity index (χ2n) is 4.73. The van der Waals surface area contributed by atoms with Crippen LogP contribution < -0.4 is 4.90 Å². The van der Waals surface area contributed by atoms with Crippen molar-refractivity contribution < 1.29 is 8.78 Å². The van der Waals surface area contributed by atoms with Crippen molar-refractivity contribution in [2.24, 2.45) is 0 Å². The average Bonchev–Trinajstić information content (AvgIpc) is 2.46. The van der Waals surface area contributed by atoms with Gasteiger partial charge in [0.2, 0.25) is 0 Å². The van der Waals surface area contributed by atoms with E-state index in [0.717, 1.165) is 12.1 Å². The molecule has 4 nitrogen and oxygen atoms in total. The average molecular weight is 276 g/mol. The molecule has 104 valence electrons. The Morgan fingerprint density at radius 1 is 1.10 bits per heavy atom. The number of halogens is 2. The zero-order valence-electron chi connectivity index (χ0n) is 11.1. The monoisotopic (exact) mass is 276 g/mol. The molecule has 1 atom stereocenters. The van der Waals surface area contributed by atoms with Crippen molar-refractivity contribution in [2.75, 3.05) is 31.1 Å². The fraction of sp³-hybridized carbons (Fsp3) is 0.429. The zero-order valence-corrected chi connectivity index (χ0v) is 11.1. The van der Waals surface area contributed by atoms with Gasteiger partial charge in [-0.3, -0.25) is 4.90 Å². The Hall–Kier alpha value is -2.18. The van der Waals surface area contributed by atoms with E-state index in [2.05, 4.69) is 6.07 Å². The lowest BCUT2D eigenvalue weighted by Crippen LogP contribution is -2.49. The Labute approximate surface area is 116 Å². The highest BCUT2D eigenvalue weighted by Gasteiger charge is 2.25. The summed E-state index contributed by atoms with van der Waals surface area (Å²) in [7, 11) is 0. The highest BCUT2D eigenvalue weighted by molar-refractivity contribution is 5.53. The summed E-state index contributed by atoms with van der Waals surface area (Å²) in [6, 6.07) is 5.76. The Bertz CT molecular complexity index is 557. The quantitative estimate of drug-likeness (QED) is 0.827. The molecule has 1 aliphatic rings. The Morgan fingerprint density at radius 3 is 2.10 bits per heavy atom. The summed E-state index contributed by atoms with van der Waals surface area (Å²) < 4.78 is 27.8. The van der Waals surface area contributed by atoms with Crippen LogP contribution in [0.25, 0.3) is 0 Å². The van der Waals surface area contributed by atoms with Crippen LogP contribution in [0.5, 0.6) is 0 Å². The molecule has 0 aromatic heterocycles. The molecule has 0 aliphatic carbocycles. The van der Waals surface area contributed by atoms with E-state index in [0.29, 0.717) is 26.2 Å². The van der Waals surface area contributed by atoms with Crippen LogP contribution in [-0.2, 0) is 0 Å². The highest BCUT2D eigenvalue weighted by atomic mass is 19.1. The first-order chi connectivity index (χ1) is 9.56. The van der Waals surface area contributed by atoms with Crippen molar-refractivity contribution in [3.8, 4) is 12.1 Å². The van der Waals surface area contributed by atoms with E-state index in [-0.39, 0.29) is 17.3 Å². The number of hydrogen-bond donors (Lipinski definition) is 0. The van der Waals surface area contributed by atoms with Crippen molar-refractivity contribution in [1.82, 2.24) is 4.90 Å². The molecule has 0 saturated carbocycles. The molecule has 1 aromatic rings. The maximum atomic E-state index is 13.9. The number of hydrogen-bond acceptors (Lipinski definition) is 4. The van der Waals surface area contributed by atoms with E-state index < -0.39 is 11.6 Å². The Balaban J connectivity index is 2.16. The van der Waals surface area contributed by atoms with Gasteiger partial charge in [-0.1, -0.05) is 0 Å². The molecular weight excluding hydrogens is 262 g/mol. The third-order valence-electron chi connectivity index (χ3n) is 3.51. The molecule has 1 unspecified atom stereocenters. The van der Waals surface area contributed by atoms with Gasteiger partial charge in [0.1, 0.15) is 5.69 Å². The van der Waals surface area contributed by atoms with Crippen LogP contribution in [0, 0.1) is 34.3 Å². The van der Waals surface area contributed by atoms with E-state index in [1.165, 1.54) is 0 Å². The second kappa shape index (κ2) is 5.85. The summed E-state index contributed by atoms with van der Waals surface area (Å²) in [4.78, 5) is 3.59. The number of nitrogens with zero attached hydrogens (tertiary/aromatic N) is 4. The lowest BCUT2D eigenvalue weighted by atomic mass is 10.1. The molecule has 1 heterocycles. The molecule has 1 aromatic carbocycles. The van der Waals surface area contributed by atoms with Gasteiger partial charge in [-0.2, -0.15) is 10.5 Å². The molecule has 1 aliphatic heterocycles. The van der Waals surface area contributed by atoms with Crippen LogP contribution in [0.1, 0.15) is 12.5 Å². The molecule has 0 radical (unpaired) electrons. The Morgan fingerprint density at radius 2 is 1.65 bits per heavy atom. The Kier molecular flexibility index (Phi) is 4.16. The van der Waals surface area contributed by atoms with E-state index in [1.807, 2.05) is 4.90 Å². The SMILES string of the molecule is CC(C#N)N1CCN(c2c(F)cc(C#N)cc2F)CC1. The molecule has 20 heavy (non-hydrogen) atoms. The third-order valence-corrected chi connectivity index (χ3v) is 3.51. The van der Waals surface area contributed by atoms with Crippen LogP contribution in [0.3, 0.4) is 0 Å². The van der Waals surface area contributed by atoms with Gasteiger partial charge in [-0.25, -0.2) is 8.78 Å². The van der Waals surface area contributed by atoms with Gasteiger partial charge in [-0.15, -0.1) is 0 Å². The van der Waals surface area contributed by atoms with Crippen LogP contribution in [0.15, 0.2) is 12.1 Å². The minimum absolute atomic E-state index is 0.0273. The first-order valence-electron chi connectivity index (χ1n) is 6.34. The number of piperazine rings is 1. The maximum absolute atomic E-state index is 13.9. The fourth-order valence-electron chi connectivity index (χ4n) is 2.35. The van der Waals surface area contributed by atoms with Crippen molar-refractivity contribution in [2.45, 2.75) is 13.0 Å². The summed E-state index contributed by atoms with van der Waals surface area (Å²) in [5.74, 6) is -1.44. The summed E-state index contributed by atoms with van der Waals surface area (Å²) >= 11 is 0. The summed E-state index contributed by atoms with van der Waals surface area (Å²) in [5, 5.41) is 17.5. The van der Waals surface area contributed by atoms with Crippen LogP contribution >= 0.6 is 0 Å². The first kappa shape index (κ1) is 14.2. The van der Waals surface area contributed by atoms with Crippen molar-refractivity contribution in [1.29, 1.82) is 10.5 Å². The molecule has 0 spiro atoms. The standard InChI is InChI=1S/C14H14F2N4/c1-10(8-17)19-2-4-20(5-3-19)14-12(15)6-11(9-18)7-13(14)16/h6-7,10H,2-5H2,1H3. The van der Waals surface area contributed by atoms with E-state index in [4.69, 9.17) is 10.5 Å². The zero-order chi connectivity index (χ0) is 14.7. The van der Waals surface area contributed by atoms with E-state index in [9.17, 15) is 8.78 Å². The molecule has 1 saturated heterocycles. The molecule has 6 heteroatoms. The van der Waals surface area contributed by atoms with Gasteiger partial charge >= 0.3 is 0 Å². The predicted molar refractivity (Wildman–Crippen MR) is 69.9 cm³/mol. The van der Waals surface area contributed by atoms with Crippen LogP contribution in [-0.4, -0.2) is 37.1 Å². The van der Waals surface area contributed by atoms with Crippen molar-refractivity contribution in [3.05, 3.63) is 29.3 Å². The largest absolute Gasteiger partial charge is 0.364 e. The molecule has 0 N–H and O–H groups in total. The minimum atomic E-state index is -0.719. The van der Waals surface area contributed by atoms with Gasteiger partial charge in [0, 0.05) is 26.2 Å². The van der Waals surface area contributed by atoms with Gasteiger partial charge in [0.15, 0.2) is 11.6 Å². The van der Waals surface area contributed by atoms with E-state index >= 15 is 0 Å². The molecule has 0 bridgehead atoms. The lowest BCUT2D eigenvalue weighted by molar-refractivity contribution is 0.230. The summed E-state index contributed by atoms with van der Waals surface area (Å²) in [5.41, 5.74) is -0.117. The molecule has 0 amide bonds. The number of anilines is 1. The summed E-state index contributed by atoms with van der Waals surface area (Å²) in [6.07, 6.45) is 0. The fourth-order valence-corrected chi connectivity index (χ4v) is 2.35. The van der Waals surface area contributed by atoms with Crippen molar-refractivity contribution in [3.63, 3.8) is 0 Å². The van der Waals surface area contributed by atoms with E-state index in [1.54, 1.807) is 17.9 Å². The topological polar surface area (TPSA) is 54.1 Å². The number of rotatable bonds is 2. The van der Waals surface area contributed by atoms with Gasteiger partial charge in [0.05, 0.1) is 23.7 Å². The molecular formula is C14H14F2N4. The van der Waals surface area contributed by atoms with Gasteiger partial charge < -0.3 is 4.90 Å². The number of benzene rings is 1. The predicted octanol–water partition coefficient (Wildman–Crippen LogP) is 1.87. The molecule has 2 rings (SSSR count). The third kappa shape index (κ3) is 2.71. The smallest absolute Gasteiger partial charge is 0.150 e. The van der Waals surface area contributed by atoms with Crippen LogP contribution in [0.4, 0.5) is 14.5 Å². The van der Waals surface area contributed by atoms with Gasteiger partial charge in [-0.05, 0) is 19.1 Å². The normalized spacial score (nSPS) is 17.4. The second-order valence-corrected chi connectivity index (χ2v) is 4.73. The first-order valence-corrected chi connectivity index (χ1v) is 6.34. The molecule has 1 fully saturated rings. The maximum Gasteiger partial charge on any atom is 0.150 e. The number of nitriles is 2.